The van der Waals surface area contributed by atoms with Gasteiger partial charge in [-0.15, -0.1) is 17.1 Å². The molecule has 4 heteroatoms. The maximum absolute atomic E-state index is 6.07. The Labute approximate surface area is 108 Å². The van der Waals surface area contributed by atoms with Gasteiger partial charge in [-0.05, 0) is 19.9 Å². The van der Waals surface area contributed by atoms with Crippen molar-refractivity contribution >= 4 is 45.0 Å². The van der Waals surface area contributed by atoms with Crippen molar-refractivity contribution in [1.82, 2.24) is 9.97 Å². The van der Waals surface area contributed by atoms with Crippen LogP contribution in [-0.4, -0.2) is 9.97 Å². The number of fused-ring (bicyclic) bond motifs is 1. The van der Waals surface area contributed by atoms with Gasteiger partial charge in [-0.25, -0.2) is 9.97 Å². The van der Waals surface area contributed by atoms with Crippen molar-refractivity contribution in [2.24, 2.45) is 0 Å². The Hall–Kier alpha value is -1.41. The molecule has 0 aliphatic heterocycles. The van der Waals surface area contributed by atoms with E-state index in [0.29, 0.717) is 5.15 Å². The summed E-state index contributed by atoms with van der Waals surface area (Å²) in [5.41, 5.74) is 4.09. The van der Waals surface area contributed by atoms with Crippen molar-refractivity contribution in [3.05, 3.63) is 39.5 Å². The molecule has 2 nitrogen and oxygen atoms in total. The summed E-state index contributed by atoms with van der Waals surface area (Å²) in [5, 5.41) is 1.55. The van der Waals surface area contributed by atoms with E-state index in [2.05, 4.69) is 15.7 Å². The summed E-state index contributed by atoms with van der Waals surface area (Å²) >= 11 is 7.63. The minimum atomic E-state index is 0.499. The minimum absolute atomic E-state index is 0.499. The third-order valence-corrected chi connectivity index (χ3v) is 3.73. The first kappa shape index (κ1) is 12.1. The highest BCUT2D eigenvalue weighted by Crippen LogP contribution is 2.18. The molecule has 2 aromatic heterocycles. The second-order valence-corrected chi connectivity index (χ2v) is 4.69. The Morgan fingerprint density at radius 2 is 2.18 bits per heavy atom. The van der Waals surface area contributed by atoms with Gasteiger partial charge in [-0.3, -0.25) is 0 Å². The molecule has 0 aliphatic rings. The maximum atomic E-state index is 6.07. The highest BCUT2D eigenvalue weighted by Gasteiger charge is 2.06. The molecule has 0 atom stereocenters. The number of aromatic nitrogens is 2. The fraction of sp³-hybridized carbons (Fsp3) is 0.154. The van der Waals surface area contributed by atoms with Gasteiger partial charge in [0, 0.05) is 5.22 Å². The van der Waals surface area contributed by atoms with E-state index in [9.17, 15) is 0 Å². The van der Waals surface area contributed by atoms with Crippen LogP contribution in [0, 0.1) is 0 Å². The third kappa shape index (κ3) is 2.32. The number of allylic oxidation sites excluding steroid dienone is 3. The van der Waals surface area contributed by atoms with Crippen molar-refractivity contribution in [3.8, 4) is 0 Å². The summed E-state index contributed by atoms with van der Waals surface area (Å²) in [7, 11) is 0. The van der Waals surface area contributed by atoms with E-state index in [-0.39, 0.29) is 0 Å². The molecule has 2 rings (SSSR count). The minimum Gasteiger partial charge on any atom is -0.235 e. The lowest BCUT2D eigenvalue weighted by Crippen LogP contribution is -2.17. The zero-order valence-electron chi connectivity index (χ0n) is 9.57. The Kier molecular flexibility index (Phi) is 3.75. The number of hydrogen-bond acceptors (Lipinski definition) is 3. The molecule has 0 spiro atoms. The topological polar surface area (TPSA) is 25.8 Å². The average Bonchev–Trinajstić information content (AvgIpc) is 2.67. The van der Waals surface area contributed by atoms with Crippen LogP contribution in [0.15, 0.2) is 24.6 Å². The molecule has 17 heavy (non-hydrogen) atoms. The number of thiophene rings is 1. The van der Waals surface area contributed by atoms with Crippen molar-refractivity contribution in [2.75, 3.05) is 0 Å². The summed E-state index contributed by atoms with van der Waals surface area (Å²) in [5.74, 6) is 0. The molecular weight excluding hydrogens is 252 g/mol. The lowest BCUT2D eigenvalue weighted by molar-refractivity contribution is 1.23. The van der Waals surface area contributed by atoms with Gasteiger partial charge in [0.2, 0.25) is 0 Å². The third-order valence-electron chi connectivity index (χ3n) is 2.20. The zero-order valence-corrected chi connectivity index (χ0v) is 11.1. The van der Waals surface area contributed by atoms with Crippen LogP contribution < -0.4 is 9.75 Å². The van der Waals surface area contributed by atoms with Crippen molar-refractivity contribution in [1.29, 1.82) is 0 Å². The van der Waals surface area contributed by atoms with Gasteiger partial charge < -0.3 is 0 Å². The van der Waals surface area contributed by atoms with Gasteiger partial charge in [-0.2, -0.15) is 0 Å². The normalized spacial score (nSPS) is 12.3. The summed E-state index contributed by atoms with van der Waals surface area (Å²) in [4.78, 5) is 8.29. The lowest BCUT2D eigenvalue weighted by atomic mass is 10.3. The van der Waals surface area contributed by atoms with E-state index >= 15 is 0 Å². The summed E-state index contributed by atoms with van der Waals surface area (Å²) in [6.07, 6.45) is 9.36. The largest absolute Gasteiger partial charge is 0.235 e. The molecule has 0 radical (unpaired) electrons. The number of rotatable bonds is 1. The Morgan fingerprint density at radius 3 is 2.88 bits per heavy atom. The van der Waals surface area contributed by atoms with Crippen LogP contribution in [-0.2, 0) is 0 Å². The van der Waals surface area contributed by atoms with Gasteiger partial charge in [-0.1, -0.05) is 29.8 Å². The van der Waals surface area contributed by atoms with Crippen molar-refractivity contribution in [2.45, 2.75) is 13.8 Å². The van der Waals surface area contributed by atoms with Crippen LogP contribution in [0.5, 0.6) is 0 Å². The molecule has 0 unspecified atom stereocenters. The predicted molar refractivity (Wildman–Crippen MR) is 74.6 cm³/mol. The summed E-state index contributed by atoms with van der Waals surface area (Å²) in [6, 6.07) is 0. The molecule has 0 N–H and O–H groups in total. The van der Waals surface area contributed by atoms with E-state index < -0.39 is 0 Å². The summed E-state index contributed by atoms with van der Waals surface area (Å²) < 4.78 is 1.94. The quantitative estimate of drug-likeness (QED) is 0.739. The van der Waals surface area contributed by atoms with Crippen LogP contribution >= 0.6 is 22.9 Å². The molecule has 0 amide bonds. The molecule has 2 heterocycles. The van der Waals surface area contributed by atoms with E-state index in [0.717, 1.165) is 20.0 Å². The van der Waals surface area contributed by atoms with Crippen molar-refractivity contribution in [3.63, 3.8) is 0 Å². The molecule has 0 saturated heterocycles. The van der Waals surface area contributed by atoms with E-state index in [1.54, 1.807) is 11.3 Å². The highest BCUT2D eigenvalue weighted by molar-refractivity contribution is 7.17. The van der Waals surface area contributed by atoms with Crippen LogP contribution in [0.3, 0.4) is 0 Å². The van der Waals surface area contributed by atoms with Gasteiger partial charge >= 0.3 is 0 Å². The lowest BCUT2D eigenvalue weighted by Gasteiger charge is -1.89. The fourth-order valence-corrected chi connectivity index (χ4v) is 2.79. The monoisotopic (exact) mass is 262 g/mol. The second-order valence-electron chi connectivity index (χ2n) is 3.31. The smallest absolute Gasteiger partial charge is 0.150 e. The maximum Gasteiger partial charge on any atom is 0.150 e. The molecule has 2 aromatic rings. The number of halogens is 1. The number of nitrogens with zero attached hydrogens (tertiary/aromatic N) is 2. The molecule has 0 aromatic carbocycles. The molecule has 86 valence electrons. The van der Waals surface area contributed by atoms with E-state index in [1.807, 2.05) is 38.2 Å². The first-order valence-corrected chi connectivity index (χ1v) is 6.40. The SMILES string of the molecule is CC=C=c1sc2c(Cl)ncnc2/c1=C/C=C\C. The summed E-state index contributed by atoms with van der Waals surface area (Å²) in [6.45, 7) is 3.92. The highest BCUT2D eigenvalue weighted by atomic mass is 35.5. The Morgan fingerprint density at radius 1 is 1.35 bits per heavy atom. The van der Waals surface area contributed by atoms with E-state index in [1.165, 1.54) is 6.33 Å². The molecular formula is C13H11ClN2S. The predicted octanol–water partition coefficient (Wildman–Crippen LogP) is 2.66. The molecule has 0 saturated carbocycles. The average molecular weight is 263 g/mol. The Balaban J connectivity index is 3.02. The molecule has 0 fully saturated rings. The number of hydrogen-bond donors (Lipinski definition) is 0. The van der Waals surface area contributed by atoms with Gasteiger partial charge in [0.1, 0.15) is 11.5 Å². The molecule has 0 aliphatic carbocycles. The first-order valence-electron chi connectivity index (χ1n) is 5.21. The van der Waals surface area contributed by atoms with Crippen LogP contribution in [0.1, 0.15) is 13.8 Å². The fourth-order valence-electron chi connectivity index (χ4n) is 1.48. The van der Waals surface area contributed by atoms with Crippen LogP contribution in [0.2, 0.25) is 5.15 Å². The standard InChI is InChI=1S/C13H11ClN2S/c1-3-5-7-9-10(6-4-2)17-12-11(9)15-8-16-13(12)14/h3-5,7-8H,1-2H3/b5-3-,9-7+. The van der Waals surface area contributed by atoms with Crippen LogP contribution in [0.4, 0.5) is 0 Å². The second kappa shape index (κ2) is 5.28. The first-order chi connectivity index (χ1) is 8.27. The molecule has 0 bridgehead atoms. The van der Waals surface area contributed by atoms with Gasteiger partial charge in [0.05, 0.1) is 14.7 Å². The van der Waals surface area contributed by atoms with Crippen molar-refractivity contribution < 1.29 is 0 Å². The van der Waals surface area contributed by atoms with Crippen LogP contribution in [0.25, 0.3) is 22.0 Å². The van der Waals surface area contributed by atoms with Gasteiger partial charge in [0.25, 0.3) is 0 Å². The van der Waals surface area contributed by atoms with Gasteiger partial charge in [0.15, 0.2) is 0 Å². The Bertz CT molecular complexity index is 722. The zero-order chi connectivity index (χ0) is 12.3. The van der Waals surface area contributed by atoms with E-state index in [4.69, 9.17) is 11.6 Å².